The Balaban J connectivity index is 1.57. The predicted octanol–water partition coefficient (Wildman–Crippen LogP) is 3.08. The number of pyridine rings is 1. The average Bonchev–Trinajstić information content (AvgIpc) is 2.79. The molecule has 0 aliphatic carbocycles. The molecule has 8 nitrogen and oxygen atoms in total. The zero-order valence-electron chi connectivity index (χ0n) is 17.2. The van der Waals surface area contributed by atoms with Crippen molar-refractivity contribution in [2.75, 3.05) is 25.5 Å². The average molecular weight is 417 g/mol. The molecule has 0 spiro atoms. The molecule has 0 saturated carbocycles. The highest BCUT2D eigenvalue weighted by Crippen LogP contribution is 2.31. The normalized spacial score (nSPS) is 15.3. The smallest absolute Gasteiger partial charge is 0.323 e. The molecule has 158 valence electrons. The molecule has 0 unspecified atom stereocenters. The number of likely N-dealkylation sites (tertiary alicyclic amines) is 1. The molecule has 1 aliphatic rings. The maximum Gasteiger partial charge on any atom is 0.323 e. The Labute approximate surface area is 180 Å². The number of carbonyl (C=O) groups is 1. The van der Waals surface area contributed by atoms with Gasteiger partial charge < -0.3 is 14.7 Å². The topological polar surface area (TPSA) is 100 Å². The second-order valence-corrected chi connectivity index (χ2v) is 7.52. The minimum atomic E-state index is -0.902. The minimum absolute atomic E-state index is 0.287. The number of nitrogens with one attached hydrogen (secondary N) is 1. The number of fused-ring (bicyclic) bond motifs is 1. The number of ether oxygens (including phenoxy) is 1. The molecule has 8 heteroatoms. The Kier molecular flexibility index (Phi) is 5.69. The van der Waals surface area contributed by atoms with Gasteiger partial charge in [-0.3, -0.25) is 5.32 Å². The number of nitrogens with zero attached hydrogens (tertiary/aromatic N) is 4. The summed E-state index contributed by atoms with van der Waals surface area (Å²) in [6.07, 6.45) is 9.71. The summed E-state index contributed by atoms with van der Waals surface area (Å²) >= 11 is 0. The lowest BCUT2D eigenvalue weighted by Crippen LogP contribution is -2.47. The van der Waals surface area contributed by atoms with E-state index in [1.165, 1.54) is 13.3 Å². The standard InChI is InChI=1S/C23H23N5O3/c1-3-9-23(30)10-12-28(13-11-23)22(29)27-18-15-24-19-17(16-7-5-4-6-8-16)14-25-21(31-2)20(19)26-18/h1,4-8,14-15,30H,9-13H2,2H3,(H,26,27,29). The van der Waals surface area contributed by atoms with Crippen molar-refractivity contribution in [3.63, 3.8) is 0 Å². The number of anilines is 1. The molecule has 1 fully saturated rings. The van der Waals surface area contributed by atoms with Gasteiger partial charge in [0.15, 0.2) is 11.3 Å². The monoisotopic (exact) mass is 417 g/mol. The maximum absolute atomic E-state index is 12.7. The number of amides is 2. The number of benzene rings is 1. The summed E-state index contributed by atoms with van der Waals surface area (Å²) in [6.45, 7) is 0.822. The minimum Gasteiger partial charge on any atom is -0.479 e. The molecule has 3 heterocycles. The van der Waals surface area contributed by atoms with Crippen molar-refractivity contribution in [3.05, 3.63) is 42.7 Å². The van der Waals surface area contributed by atoms with E-state index in [4.69, 9.17) is 11.2 Å². The highest BCUT2D eigenvalue weighted by Gasteiger charge is 2.33. The van der Waals surface area contributed by atoms with Crippen LogP contribution in [0, 0.1) is 12.3 Å². The summed E-state index contributed by atoms with van der Waals surface area (Å²) in [5, 5.41) is 13.2. The molecular weight excluding hydrogens is 394 g/mol. The van der Waals surface area contributed by atoms with E-state index in [0.717, 1.165) is 11.1 Å². The van der Waals surface area contributed by atoms with Gasteiger partial charge in [-0.1, -0.05) is 30.3 Å². The van der Waals surface area contributed by atoms with E-state index in [9.17, 15) is 9.90 Å². The van der Waals surface area contributed by atoms with Crippen LogP contribution in [0.25, 0.3) is 22.2 Å². The third-order valence-electron chi connectivity index (χ3n) is 5.47. The van der Waals surface area contributed by atoms with Gasteiger partial charge in [-0.05, 0) is 18.4 Å². The summed E-state index contributed by atoms with van der Waals surface area (Å²) < 4.78 is 5.36. The van der Waals surface area contributed by atoms with Gasteiger partial charge in [0.25, 0.3) is 0 Å². The van der Waals surface area contributed by atoms with Crippen LogP contribution in [0.1, 0.15) is 19.3 Å². The molecule has 2 amide bonds. The number of piperidine rings is 1. The number of aliphatic hydroxyl groups is 1. The number of carbonyl (C=O) groups excluding carboxylic acids is 1. The first kappa shape index (κ1) is 20.6. The lowest BCUT2D eigenvalue weighted by molar-refractivity contribution is -0.00643. The third kappa shape index (κ3) is 4.27. The van der Waals surface area contributed by atoms with E-state index in [0.29, 0.717) is 48.7 Å². The summed E-state index contributed by atoms with van der Waals surface area (Å²) in [7, 11) is 1.52. The van der Waals surface area contributed by atoms with Crippen molar-refractivity contribution in [1.82, 2.24) is 19.9 Å². The van der Waals surface area contributed by atoms with E-state index < -0.39 is 5.60 Å². The number of aromatic nitrogens is 3. The Morgan fingerprint density at radius 1 is 1.23 bits per heavy atom. The van der Waals surface area contributed by atoms with Gasteiger partial charge in [-0.2, -0.15) is 0 Å². The fraction of sp³-hybridized carbons (Fsp3) is 0.304. The Hall–Kier alpha value is -3.70. The van der Waals surface area contributed by atoms with E-state index in [1.807, 2.05) is 30.3 Å². The molecule has 1 saturated heterocycles. The number of urea groups is 1. The van der Waals surface area contributed by atoms with Crippen molar-refractivity contribution < 1.29 is 14.6 Å². The molecule has 0 bridgehead atoms. The molecule has 3 aromatic rings. The number of terminal acetylenes is 1. The van der Waals surface area contributed by atoms with Gasteiger partial charge >= 0.3 is 6.03 Å². The summed E-state index contributed by atoms with van der Waals surface area (Å²) in [6, 6.07) is 9.46. The number of hydrogen-bond donors (Lipinski definition) is 2. The van der Waals surface area contributed by atoms with E-state index in [1.54, 1.807) is 11.1 Å². The molecule has 1 aliphatic heterocycles. The second-order valence-electron chi connectivity index (χ2n) is 7.52. The highest BCUT2D eigenvalue weighted by molar-refractivity contribution is 5.95. The SMILES string of the molecule is C#CCC1(O)CCN(C(=O)Nc2cnc3c(-c4ccccc4)cnc(OC)c3n2)CC1. The van der Waals surface area contributed by atoms with Crippen molar-refractivity contribution in [2.24, 2.45) is 0 Å². The van der Waals surface area contributed by atoms with Crippen LogP contribution in [0.4, 0.5) is 10.6 Å². The van der Waals surface area contributed by atoms with Gasteiger partial charge in [0, 0.05) is 31.3 Å². The van der Waals surface area contributed by atoms with Crippen LogP contribution in [0.2, 0.25) is 0 Å². The molecule has 1 aromatic carbocycles. The van der Waals surface area contributed by atoms with E-state index in [-0.39, 0.29) is 12.5 Å². The van der Waals surface area contributed by atoms with Crippen LogP contribution in [-0.2, 0) is 0 Å². The zero-order valence-corrected chi connectivity index (χ0v) is 17.2. The summed E-state index contributed by atoms with van der Waals surface area (Å²) in [5.74, 6) is 3.13. The first-order chi connectivity index (χ1) is 15.0. The van der Waals surface area contributed by atoms with Crippen molar-refractivity contribution >= 4 is 22.9 Å². The van der Waals surface area contributed by atoms with Gasteiger partial charge in [0.1, 0.15) is 5.52 Å². The fourth-order valence-corrected chi connectivity index (χ4v) is 3.70. The summed E-state index contributed by atoms with van der Waals surface area (Å²) in [5.41, 5.74) is 1.98. The Bertz CT molecular complexity index is 1140. The molecule has 31 heavy (non-hydrogen) atoms. The van der Waals surface area contributed by atoms with Crippen molar-refractivity contribution in [2.45, 2.75) is 24.9 Å². The lowest BCUT2D eigenvalue weighted by atomic mass is 9.89. The van der Waals surface area contributed by atoms with Gasteiger partial charge in [-0.15, -0.1) is 12.3 Å². The number of methoxy groups -OCH3 is 1. The van der Waals surface area contributed by atoms with Crippen molar-refractivity contribution in [3.8, 4) is 29.4 Å². The van der Waals surface area contributed by atoms with Crippen LogP contribution in [0.15, 0.2) is 42.7 Å². The highest BCUT2D eigenvalue weighted by atomic mass is 16.5. The maximum atomic E-state index is 12.7. The number of hydrogen-bond acceptors (Lipinski definition) is 6. The largest absolute Gasteiger partial charge is 0.479 e. The fourth-order valence-electron chi connectivity index (χ4n) is 3.70. The molecule has 2 aromatic heterocycles. The molecule has 0 atom stereocenters. The summed E-state index contributed by atoms with van der Waals surface area (Å²) in [4.78, 5) is 27.8. The second kappa shape index (κ2) is 8.58. The lowest BCUT2D eigenvalue weighted by Gasteiger charge is -2.37. The van der Waals surface area contributed by atoms with Crippen LogP contribution < -0.4 is 10.1 Å². The quantitative estimate of drug-likeness (QED) is 0.633. The van der Waals surface area contributed by atoms with Crippen LogP contribution in [0.3, 0.4) is 0 Å². The van der Waals surface area contributed by atoms with Crippen LogP contribution in [-0.4, -0.2) is 56.8 Å². The van der Waals surface area contributed by atoms with Crippen molar-refractivity contribution in [1.29, 1.82) is 0 Å². The molecular formula is C23H23N5O3. The molecule has 0 radical (unpaired) electrons. The Morgan fingerprint density at radius 3 is 2.65 bits per heavy atom. The van der Waals surface area contributed by atoms with E-state index in [2.05, 4.69) is 26.2 Å². The number of rotatable bonds is 4. The predicted molar refractivity (Wildman–Crippen MR) is 118 cm³/mol. The van der Waals surface area contributed by atoms with Gasteiger partial charge in [0.2, 0.25) is 5.88 Å². The van der Waals surface area contributed by atoms with E-state index >= 15 is 0 Å². The third-order valence-corrected chi connectivity index (χ3v) is 5.47. The first-order valence-electron chi connectivity index (χ1n) is 10.00. The van der Waals surface area contributed by atoms with Gasteiger partial charge in [-0.25, -0.2) is 19.7 Å². The van der Waals surface area contributed by atoms with Crippen LogP contribution >= 0.6 is 0 Å². The van der Waals surface area contributed by atoms with Gasteiger partial charge in [0.05, 0.1) is 18.9 Å². The van der Waals surface area contributed by atoms with Crippen LogP contribution in [0.5, 0.6) is 5.88 Å². The Morgan fingerprint density at radius 2 is 1.97 bits per heavy atom. The zero-order chi connectivity index (χ0) is 21.8. The molecule has 2 N–H and O–H groups in total. The first-order valence-corrected chi connectivity index (χ1v) is 10.00. The molecule has 4 rings (SSSR count).